The van der Waals surface area contributed by atoms with Crippen LogP contribution in [0.1, 0.15) is 41.5 Å². The van der Waals surface area contributed by atoms with Gasteiger partial charge in [0.25, 0.3) is 11.8 Å². The first-order valence-electron chi connectivity index (χ1n) is 10.1. The maximum Gasteiger partial charge on any atom is 0.417 e. The monoisotopic (exact) mass is 487 g/mol. The molecule has 0 radical (unpaired) electrons. The Bertz CT molecular complexity index is 1140. The van der Waals surface area contributed by atoms with E-state index in [4.69, 9.17) is 15.2 Å². The number of halogens is 5. The zero-order chi connectivity index (χ0) is 25.6. The van der Waals surface area contributed by atoms with E-state index < -0.39 is 58.9 Å². The van der Waals surface area contributed by atoms with Crippen molar-refractivity contribution in [3.63, 3.8) is 0 Å². The summed E-state index contributed by atoms with van der Waals surface area (Å²) >= 11 is 0. The second-order valence-corrected chi connectivity index (χ2v) is 8.18. The maximum absolute atomic E-state index is 14.4. The van der Waals surface area contributed by atoms with Crippen molar-refractivity contribution in [3.8, 4) is 5.75 Å². The van der Waals surface area contributed by atoms with Crippen LogP contribution in [0.25, 0.3) is 0 Å². The van der Waals surface area contributed by atoms with Gasteiger partial charge in [-0.2, -0.15) is 17.6 Å². The van der Waals surface area contributed by atoms with Crippen molar-refractivity contribution in [2.45, 2.75) is 44.6 Å². The van der Waals surface area contributed by atoms with Gasteiger partial charge in [0, 0.05) is 28.8 Å². The number of carbonyl (C=O) groups is 2. The van der Waals surface area contributed by atoms with E-state index in [2.05, 4.69) is 10.3 Å². The topological polar surface area (TPSA) is 104 Å². The Balaban J connectivity index is 2.09. The Morgan fingerprint density at radius 2 is 1.88 bits per heavy atom. The van der Waals surface area contributed by atoms with Crippen LogP contribution in [0.2, 0.25) is 0 Å². The summed E-state index contributed by atoms with van der Waals surface area (Å²) in [5, 5.41) is 2.41. The van der Waals surface area contributed by atoms with Crippen molar-refractivity contribution >= 4 is 17.5 Å². The molecule has 1 aliphatic heterocycles. The molecule has 0 spiro atoms. The van der Waals surface area contributed by atoms with E-state index >= 15 is 0 Å². The second kappa shape index (κ2) is 8.82. The lowest BCUT2D eigenvalue weighted by atomic mass is 9.77. The van der Waals surface area contributed by atoms with E-state index in [0.717, 1.165) is 32.2 Å². The summed E-state index contributed by atoms with van der Waals surface area (Å²) in [5.74, 6) is -7.93. The standard InChI is InChI=1S/C22H22F5N3O4/c1-9-7-11(8-14(29-9)19(28)31)30-20(32)18-15(10(2)21(3,34-18)22(25,26)27)12-5-6-13(23)16(24)17(12)33-4/h5-8,10,15,18H,1-4H3,(H2,28,31)(H,29,30,32)/t10-,15+,18+,21-/m1/s1. The van der Waals surface area contributed by atoms with Crippen LogP contribution in [0.15, 0.2) is 24.3 Å². The fraction of sp³-hybridized carbons (Fsp3) is 0.409. The van der Waals surface area contributed by atoms with E-state index in [1.165, 1.54) is 19.9 Å². The number of methoxy groups -OCH3 is 1. The number of primary amides is 1. The minimum atomic E-state index is -4.89. The molecule has 0 unspecified atom stereocenters. The number of carbonyl (C=O) groups excluding carboxylic acids is 2. The minimum absolute atomic E-state index is 0.0409. The number of ether oxygens (including phenoxy) is 2. The Hall–Kier alpha value is -3.28. The summed E-state index contributed by atoms with van der Waals surface area (Å²) in [4.78, 5) is 28.5. The quantitative estimate of drug-likeness (QED) is 0.624. The third-order valence-corrected chi connectivity index (χ3v) is 6.04. The summed E-state index contributed by atoms with van der Waals surface area (Å²) in [6.07, 6.45) is -6.66. The Morgan fingerprint density at radius 3 is 2.44 bits per heavy atom. The smallest absolute Gasteiger partial charge is 0.417 e. The molecule has 0 saturated carbocycles. The van der Waals surface area contributed by atoms with Crippen LogP contribution >= 0.6 is 0 Å². The molecule has 2 amide bonds. The molecule has 2 aromatic rings. The molecule has 1 aromatic heterocycles. The minimum Gasteiger partial charge on any atom is -0.493 e. The Morgan fingerprint density at radius 1 is 1.24 bits per heavy atom. The van der Waals surface area contributed by atoms with E-state index in [9.17, 15) is 31.5 Å². The summed E-state index contributed by atoms with van der Waals surface area (Å²) in [5.41, 5.74) is 2.45. The highest BCUT2D eigenvalue weighted by Gasteiger charge is 2.65. The van der Waals surface area contributed by atoms with Gasteiger partial charge in [0.1, 0.15) is 11.8 Å². The predicted molar refractivity (Wildman–Crippen MR) is 110 cm³/mol. The molecule has 3 rings (SSSR count). The van der Waals surface area contributed by atoms with Gasteiger partial charge < -0.3 is 20.5 Å². The number of hydrogen-bond acceptors (Lipinski definition) is 5. The van der Waals surface area contributed by atoms with Gasteiger partial charge in [-0.1, -0.05) is 13.0 Å². The predicted octanol–water partition coefficient (Wildman–Crippen LogP) is 3.85. The lowest BCUT2D eigenvalue weighted by molar-refractivity contribution is -0.272. The first-order chi connectivity index (χ1) is 15.7. The highest BCUT2D eigenvalue weighted by molar-refractivity contribution is 5.97. The van der Waals surface area contributed by atoms with Crippen LogP contribution in [-0.4, -0.2) is 41.8 Å². The summed E-state index contributed by atoms with van der Waals surface area (Å²) in [6, 6.07) is 4.33. The Labute approximate surface area is 191 Å². The molecule has 1 fully saturated rings. The number of anilines is 1. The van der Waals surface area contributed by atoms with Gasteiger partial charge in [-0.15, -0.1) is 0 Å². The Kier molecular flexibility index (Phi) is 6.57. The van der Waals surface area contributed by atoms with Crippen molar-refractivity contribution in [2.24, 2.45) is 11.7 Å². The van der Waals surface area contributed by atoms with E-state index in [1.54, 1.807) is 0 Å². The molecule has 0 bridgehead atoms. The molecule has 3 N–H and O–H groups in total. The van der Waals surface area contributed by atoms with Gasteiger partial charge in [0.2, 0.25) is 5.82 Å². The number of benzene rings is 1. The summed E-state index contributed by atoms with van der Waals surface area (Å²) in [6.45, 7) is 3.51. The van der Waals surface area contributed by atoms with Crippen LogP contribution in [0.4, 0.5) is 27.6 Å². The second-order valence-electron chi connectivity index (χ2n) is 8.18. The normalized spacial score (nSPS) is 24.7. The first-order valence-corrected chi connectivity index (χ1v) is 10.1. The van der Waals surface area contributed by atoms with Crippen molar-refractivity contribution in [1.82, 2.24) is 4.98 Å². The largest absolute Gasteiger partial charge is 0.493 e. The number of nitrogens with two attached hydrogens (primary N) is 1. The number of pyridine rings is 1. The number of nitrogens with one attached hydrogen (secondary N) is 1. The number of aryl methyl sites for hydroxylation is 1. The SMILES string of the molecule is COc1c([C@H]2[C@@H](C(=O)Nc3cc(C)nc(C(N)=O)c3)O[C@@](C)(C(F)(F)F)[C@@H]2C)ccc(F)c1F. The average molecular weight is 487 g/mol. The van der Waals surface area contributed by atoms with Gasteiger partial charge in [0.05, 0.1) is 7.11 Å². The molecule has 1 aliphatic rings. The van der Waals surface area contributed by atoms with Gasteiger partial charge in [0.15, 0.2) is 17.2 Å². The molecular formula is C22H22F5N3O4. The lowest BCUT2D eigenvalue weighted by Gasteiger charge is -2.32. The lowest BCUT2D eigenvalue weighted by Crippen LogP contribution is -2.47. The van der Waals surface area contributed by atoms with E-state index in [-0.39, 0.29) is 16.9 Å². The molecule has 7 nitrogen and oxygen atoms in total. The van der Waals surface area contributed by atoms with Gasteiger partial charge in [-0.05, 0) is 32.0 Å². The van der Waals surface area contributed by atoms with Gasteiger partial charge >= 0.3 is 6.18 Å². The number of alkyl halides is 3. The van der Waals surface area contributed by atoms with E-state index in [1.807, 2.05) is 0 Å². The third kappa shape index (κ3) is 4.29. The highest BCUT2D eigenvalue weighted by Crippen LogP contribution is 2.55. The van der Waals surface area contributed by atoms with Gasteiger partial charge in [-0.25, -0.2) is 9.37 Å². The molecule has 184 valence electrons. The van der Waals surface area contributed by atoms with Crippen molar-refractivity contribution in [2.75, 3.05) is 12.4 Å². The fourth-order valence-electron chi connectivity index (χ4n) is 4.12. The average Bonchev–Trinajstić information content (AvgIpc) is 3.01. The number of amides is 2. The molecule has 34 heavy (non-hydrogen) atoms. The van der Waals surface area contributed by atoms with Crippen LogP contribution in [0.5, 0.6) is 5.75 Å². The van der Waals surface area contributed by atoms with Crippen LogP contribution in [-0.2, 0) is 9.53 Å². The van der Waals surface area contributed by atoms with E-state index in [0.29, 0.717) is 5.69 Å². The molecule has 1 saturated heterocycles. The first kappa shape index (κ1) is 25.3. The maximum atomic E-state index is 14.4. The molecule has 2 heterocycles. The number of aromatic nitrogens is 1. The summed E-state index contributed by atoms with van der Waals surface area (Å²) in [7, 11) is 1.03. The van der Waals surface area contributed by atoms with Crippen molar-refractivity contribution < 1.29 is 41.0 Å². The molecular weight excluding hydrogens is 465 g/mol. The van der Waals surface area contributed by atoms with Crippen LogP contribution < -0.4 is 15.8 Å². The third-order valence-electron chi connectivity index (χ3n) is 6.04. The molecule has 12 heteroatoms. The van der Waals surface area contributed by atoms with Crippen LogP contribution in [0.3, 0.4) is 0 Å². The molecule has 0 aliphatic carbocycles. The van der Waals surface area contributed by atoms with Gasteiger partial charge in [-0.3, -0.25) is 9.59 Å². The number of rotatable bonds is 5. The van der Waals surface area contributed by atoms with Crippen LogP contribution in [0, 0.1) is 24.5 Å². The number of hydrogen-bond donors (Lipinski definition) is 2. The van der Waals surface area contributed by atoms with Crippen molar-refractivity contribution in [1.29, 1.82) is 0 Å². The zero-order valence-electron chi connectivity index (χ0n) is 18.6. The molecule has 1 aromatic carbocycles. The number of nitrogens with zero attached hydrogens (tertiary/aromatic N) is 1. The zero-order valence-corrected chi connectivity index (χ0v) is 18.6. The van der Waals surface area contributed by atoms with Crippen molar-refractivity contribution in [3.05, 3.63) is 52.9 Å². The highest BCUT2D eigenvalue weighted by atomic mass is 19.4. The molecule has 4 atom stereocenters. The summed E-state index contributed by atoms with van der Waals surface area (Å²) < 4.78 is 80.3. The fourth-order valence-corrected chi connectivity index (χ4v) is 4.12.